The maximum atomic E-state index is 12.5. The zero-order valence-electron chi connectivity index (χ0n) is 12.4. The second-order valence-electron chi connectivity index (χ2n) is 4.89. The highest BCUT2D eigenvalue weighted by Crippen LogP contribution is 2.27. The van der Waals surface area contributed by atoms with Crippen molar-refractivity contribution < 1.29 is 13.2 Å². The molecule has 2 rings (SSSR count). The summed E-state index contributed by atoms with van der Waals surface area (Å²) in [6, 6.07) is 9.56. The monoisotopic (exact) mass is 464 g/mol. The van der Waals surface area contributed by atoms with Gasteiger partial charge < -0.3 is 5.32 Å². The van der Waals surface area contributed by atoms with E-state index in [0.29, 0.717) is 11.4 Å². The van der Waals surface area contributed by atoms with Gasteiger partial charge in [-0.05, 0) is 71.5 Å². The predicted molar refractivity (Wildman–Crippen MR) is 100 cm³/mol. The first kappa shape index (κ1) is 18.0. The molecule has 0 spiro atoms. The Hall–Kier alpha value is -1.32. The van der Waals surface area contributed by atoms with Crippen LogP contribution in [0.25, 0.3) is 0 Å². The lowest BCUT2D eigenvalue weighted by Crippen LogP contribution is -2.14. The molecule has 2 N–H and O–H groups in total. The average molecular weight is 465 g/mol. The van der Waals surface area contributed by atoms with Crippen molar-refractivity contribution >= 4 is 61.5 Å². The number of carbonyl (C=O) groups is 1. The van der Waals surface area contributed by atoms with Crippen LogP contribution < -0.4 is 10.0 Å². The lowest BCUT2D eigenvalue weighted by Gasteiger charge is -2.12. The molecule has 0 aromatic heterocycles. The molecule has 0 aliphatic carbocycles. The van der Waals surface area contributed by atoms with Crippen LogP contribution in [0.2, 0.25) is 5.02 Å². The van der Waals surface area contributed by atoms with Gasteiger partial charge in [-0.15, -0.1) is 0 Å². The second kappa shape index (κ2) is 7.06. The van der Waals surface area contributed by atoms with Gasteiger partial charge in [-0.2, -0.15) is 0 Å². The number of hydrogen-bond acceptors (Lipinski definition) is 3. The number of amides is 1. The molecule has 0 saturated carbocycles. The van der Waals surface area contributed by atoms with Gasteiger partial charge in [-0.25, -0.2) is 8.42 Å². The summed E-state index contributed by atoms with van der Waals surface area (Å²) in [5.74, 6) is -0.282. The lowest BCUT2D eigenvalue weighted by atomic mass is 10.2. The van der Waals surface area contributed by atoms with Crippen molar-refractivity contribution in [2.45, 2.75) is 18.7 Å². The zero-order chi connectivity index (χ0) is 17.2. The molecule has 122 valence electrons. The summed E-state index contributed by atoms with van der Waals surface area (Å²) in [5, 5.41) is 2.68. The predicted octanol–water partition coefficient (Wildman–Crippen LogP) is 4.01. The minimum absolute atomic E-state index is 0.0227. The van der Waals surface area contributed by atoms with Gasteiger partial charge in [-0.1, -0.05) is 11.6 Å². The first-order chi connectivity index (χ1) is 10.7. The molecule has 0 radical (unpaired) electrons. The summed E-state index contributed by atoms with van der Waals surface area (Å²) >= 11 is 8.19. The average Bonchev–Trinajstić information content (AvgIpc) is 2.43. The number of nitrogens with one attached hydrogen (secondary N) is 2. The van der Waals surface area contributed by atoms with E-state index in [9.17, 15) is 13.2 Å². The third-order valence-electron chi connectivity index (χ3n) is 2.99. The Morgan fingerprint density at radius 3 is 2.35 bits per heavy atom. The smallest absolute Gasteiger partial charge is 0.261 e. The maximum Gasteiger partial charge on any atom is 0.261 e. The molecule has 0 unspecified atom stereocenters. The van der Waals surface area contributed by atoms with E-state index in [0.717, 1.165) is 9.13 Å². The molecule has 2 aromatic rings. The fourth-order valence-corrected chi connectivity index (χ4v) is 4.00. The van der Waals surface area contributed by atoms with Crippen molar-refractivity contribution in [3.05, 3.63) is 50.6 Å². The number of sulfonamides is 1. The third-order valence-corrected chi connectivity index (χ3v) is 5.34. The van der Waals surface area contributed by atoms with E-state index in [-0.39, 0.29) is 15.8 Å². The van der Waals surface area contributed by atoms with Crippen molar-refractivity contribution in [2.75, 3.05) is 10.0 Å². The number of aryl methyl sites for hydroxylation is 1. The number of hydrogen-bond donors (Lipinski definition) is 2. The zero-order valence-corrected chi connectivity index (χ0v) is 16.1. The van der Waals surface area contributed by atoms with Gasteiger partial charge in [0.15, 0.2) is 0 Å². The Morgan fingerprint density at radius 1 is 1.13 bits per heavy atom. The molecule has 5 nitrogen and oxygen atoms in total. The Bertz CT molecular complexity index is 869. The van der Waals surface area contributed by atoms with E-state index in [1.165, 1.54) is 25.1 Å². The van der Waals surface area contributed by atoms with Crippen LogP contribution in [-0.4, -0.2) is 14.3 Å². The highest BCUT2D eigenvalue weighted by molar-refractivity contribution is 14.1. The van der Waals surface area contributed by atoms with Crippen LogP contribution in [-0.2, 0) is 14.8 Å². The van der Waals surface area contributed by atoms with Crippen molar-refractivity contribution in [2.24, 2.45) is 0 Å². The highest BCUT2D eigenvalue weighted by Gasteiger charge is 2.17. The third kappa shape index (κ3) is 4.58. The van der Waals surface area contributed by atoms with E-state index in [4.69, 9.17) is 11.6 Å². The summed E-state index contributed by atoms with van der Waals surface area (Å²) in [6.45, 7) is 3.18. The molecule has 2 aromatic carbocycles. The molecule has 0 aliphatic rings. The molecule has 0 atom stereocenters. The molecule has 1 amide bonds. The van der Waals surface area contributed by atoms with Crippen LogP contribution in [0.5, 0.6) is 0 Å². The normalized spacial score (nSPS) is 11.1. The molecular weight excluding hydrogens is 451 g/mol. The van der Waals surface area contributed by atoms with E-state index >= 15 is 0 Å². The quantitative estimate of drug-likeness (QED) is 0.671. The summed E-state index contributed by atoms with van der Waals surface area (Å²) in [7, 11) is -3.77. The second-order valence-corrected chi connectivity index (χ2v) is 8.22. The standard InChI is InChI=1S/C15H14ClIN2O3S/c1-9-7-11(17)3-5-14(9)19-23(21,22)12-4-6-15(13(16)8-12)18-10(2)20/h3-8,19H,1-2H3,(H,18,20). The Morgan fingerprint density at radius 2 is 1.78 bits per heavy atom. The van der Waals surface area contributed by atoms with Crippen molar-refractivity contribution in [1.29, 1.82) is 0 Å². The largest absolute Gasteiger partial charge is 0.325 e. The molecular formula is C15H14ClIN2O3S. The summed E-state index contributed by atoms with van der Waals surface area (Å²) < 4.78 is 28.5. The van der Waals surface area contributed by atoms with Crippen molar-refractivity contribution in [3.63, 3.8) is 0 Å². The van der Waals surface area contributed by atoms with Crippen LogP contribution in [0.3, 0.4) is 0 Å². The highest BCUT2D eigenvalue weighted by atomic mass is 127. The first-order valence-electron chi connectivity index (χ1n) is 6.55. The van der Waals surface area contributed by atoms with Gasteiger partial charge in [0.1, 0.15) is 0 Å². The molecule has 0 saturated heterocycles. The van der Waals surface area contributed by atoms with Gasteiger partial charge >= 0.3 is 0 Å². The molecule has 0 heterocycles. The number of benzene rings is 2. The van der Waals surface area contributed by atoms with Gasteiger partial charge in [0.2, 0.25) is 5.91 Å². The van der Waals surface area contributed by atoms with Crippen molar-refractivity contribution in [3.8, 4) is 0 Å². The topological polar surface area (TPSA) is 75.3 Å². The molecule has 0 aliphatic heterocycles. The van der Waals surface area contributed by atoms with E-state index in [1.54, 1.807) is 6.07 Å². The fourth-order valence-electron chi connectivity index (χ4n) is 1.90. The van der Waals surface area contributed by atoms with E-state index < -0.39 is 10.0 Å². The van der Waals surface area contributed by atoms with Gasteiger partial charge in [0.25, 0.3) is 10.0 Å². The fraction of sp³-hybridized carbons (Fsp3) is 0.133. The van der Waals surface area contributed by atoms with Crippen LogP contribution in [0.4, 0.5) is 11.4 Å². The molecule has 8 heteroatoms. The molecule has 0 bridgehead atoms. The van der Waals surface area contributed by atoms with Gasteiger partial charge in [0, 0.05) is 10.5 Å². The summed E-state index contributed by atoms with van der Waals surface area (Å²) in [5.41, 5.74) is 1.69. The van der Waals surface area contributed by atoms with Crippen LogP contribution in [0, 0.1) is 10.5 Å². The minimum Gasteiger partial charge on any atom is -0.325 e. The number of halogens is 2. The summed E-state index contributed by atoms with van der Waals surface area (Å²) in [6.07, 6.45) is 0. The SMILES string of the molecule is CC(=O)Nc1ccc(S(=O)(=O)Nc2ccc(I)cc2C)cc1Cl. The number of anilines is 2. The Balaban J connectivity index is 2.32. The van der Waals surface area contributed by atoms with E-state index in [1.807, 2.05) is 19.1 Å². The first-order valence-corrected chi connectivity index (χ1v) is 9.49. The van der Waals surface area contributed by atoms with Crippen LogP contribution in [0.15, 0.2) is 41.3 Å². The minimum atomic E-state index is -3.77. The molecule has 0 fully saturated rings. The van der Waals surface area contributed by atoms with Crippen LogP contribution >= 0.6 is 34.2 Å². The summed E-state index contributed by atoms with van der Waals surface area (Å²) in [4.78, 5) is 11.1. The molecule has 23 heavy (non-hydrogen) atoms. The van der Waals surface area contributed by atoms with Crippen LogP contribution in [0.1, 0.15) is 12.5 Å². The Labute approximate surface area is 153 Å². The maximum absolute atomic E-state index is 12.5. The van der Waals surface area contributed by atoms with E-state index in [2.05, 4.69) is 32.6 Å². The lowest BCUT2D eigenvalue weighted by molar-refractivity contribution is -0.114. The van der Waals surface area contributed by atoms with Gasteiger partial charge in [0.05, 0.1) is 21.3 Å². The Kier molecular flexibility index (Phi) is 5.53. The number of carbonyl (C=O) groups excluding carboxylic acids is 1. The number of rotatable bonds is 4. The van der Waals surface area contributed by atoms with Gasteiger partial charge in [-0.3, -0.25) is 9.52 Å². The van der Waals surface area contributed by atoms with Crippen molar-refractivity contribution in [1.82, 2.24) is 0 Å².